The van der Waals surface area contributed by atoms with Crippen LogP contribution in [0, 0.1) is 27.9 Å². The Morgan fingerprint density at radius 1 is 1.37 bits per heavy atom. The molecule has 2 amide bonds. The van der Waals surface area contributed by atoms with Gasteiger partial charge in [0, 0.05) is 30.6 Å². The summed E-state index contributed by atoms with van der Waals surface area (Å²) in [6, 6.07) is 4.05. The molecule has 2 N–H and O–H groups in total. The van der Waals surface area contributed by atoms with E-state index < -0.39 is 10.8 Å². The van der Waals surface area contributed by atoms with Gasteiger partial charge in [-0.3, -0.25) is 19.7 Å². The first-order valence-corrected chi connectivity index (χ1v) is 9.75. The standard InChI is InChI=1S/C19H24ClN3O4/c1-11-2-3-12-9-13(18(24)22-17(12)8-11)6-7-21-19(25)15-10-14(23(26)27)4-5-16(15)20/h4-5,10-13,17H,2-3,6-9H2,1H3,(H,21,25)(H,22,24). The molecule has 1 aromatic carbocycles. The number of benzene rings is 1. The second-order valence-corrected chi connectivity index (χ2v) is 8.10. The molecule has 27 heavy (non-hydrogen) atoms. The van der Waals surface area contributed by atoms with E-state index >= 15 is 0 Å². The van der Waals surface area contributed by atoms with Crippen molar-refractivity contribution in [1.29, 1.82) is 0 Å². The van der Waals surface area contributed by atoms with E-state index in [1.807, 2.05) is 0 Å². The van der Waals surface area contributed by atoms with Crippen LogP contribution in [0.1, 0.15) is 49.4 Å². The monoisotopic (exact) mass is 393 g/mol. The summed E-state index contributed by atoms with van der Waals surface area (Å²) in [7, 11) is 0. The molecule has 2 fully saturated rings. The van der Waals surface area contributed by atoms with Crippen molar-refractivity contribution in [3.63, 3.8) is 0 Å². The minimum absolute atomic E-state index is 0.0629. The summed E-state index contributed by atoms with van der Waals surface area (Å²) in [5.74, 6) is 0.658. The van der Waals surface area contributed by atoms with Gasteiger partial charge in [0.1, 0.15) is 0 Å². The highest BCUT2D eigenvalue weighted by Gasteiger charge is 2.38. The van der Waals surface area contributed by atoms with E-state index in [-0.39, 0.29) is 34.1 Å². The molecule has 2 aliphatic rings. The number of nitrogens with one attached hydrogen (secondary N) is 2. The lowest BCUT2D eigenvalue weighted by Gasteiger charge is -2.41. The highest BCUT2D eigenvalue weighted by molar-refractivity contribution is 6.33. The zero-order chi connectivity index (χ0) is 19.6. The van der Waals surface area contributed by atoms with Gasteiger partial charge in [-0.05, 0) is 43.6 Å². The van der Waals surface area contributed by atoms with Crippen LogP contribution in [-0.2, 0) is 4.79 Å². The Morgan fingerprint density at radius 3 is 2.89 bits per heavy atom. The van der Waals surface area contributed by atoms with Gasteiger partial charge >= 0.3 is 0 Å². The van der Waals surface area contributed by atoms with Crippen molar-refractivity contribution in [3.8, 4) is 0 Å². The van der Waals surface area contributed by atoms with E-state index in [2.05, 4.69) is 17.6 Å². The minimum Gasteiger partial charge on any atom is -0.353 e. The van der Waals surface area contributed by atoms with E-state index in [1.165, 1.54) is 24.6 Å². The van der Waals surface area contributed by atoms with Gasteiger partial charge in [0.05, 0.1) is 15.5 Å². The Morgan fingerprint density at radius 2 is 2.15 bits per heavy atom. The molecule has 0 spiro atoms. The summed E-state index contributed by atoms with van der Waals surface area (Å²) in [6.07, 6.45) is 4.79. The highest BCUT2D eigenvalue weighted by Crippen LogP contribution is 2.36. The van der Waals surface area contributed by atoms with Crippen LogP contribution in [0.25, 0.3) is 0 Å². The average molecular weight is 394 g/mol. The number of rotatable bonds is 5. The molecule has 1 saturated carbocycles. The summed E-state index contributed by atoms with van der Waals surface area (Å²) < 4.78 is 0. The van der Waals surface area contributed by atoms with E-state index in [0.29, 0.717) is 24.8 Å². The fraction of sp³-hybridized carbons (Fsp3) is 0.579. The molecule has 1 saturated heterocycles. The largest absolute Gasteiger partial charge is 0.353 e. The third-order valence-electron chi connectivity index (χ3n) is 5.73. The van der Waals surface area contributed by atoms with Crippen LogP contribution >= 0.6 is 11.6 Å². The number of hydrogen-bond acceptors (Lipinski definition) is 4. The Hall–Kier alpha value is -2.15. The predicted molar refractivity (Wildman–Crippen MR) is 102 cm³/mol. The summed E-state index contributed by atoms with van der Waals surface area (Å²) in [6.45, 7) is 2.55. The van der Waals surface area contributed by atoms with E-state index in [0.717, 1.165) is 19.3 Å². The van der Waals surface area contributed by atoms with Gasteiger partial charge < -0.3 is 10.6 Å². The maximum Gasteiger partial charge on any atom is 0.270 e. The SMILES string of the molecule is CC1CCC2CC(CCNC(=O)c3cc([N+](=O)[O-])ccc3Cl)C(=O)NC2C1. The number of nitro groups is 1. The molecule has 1 aromatic rings. The number of carbonyl (C=O) groups is 2. The number of nitrogens with zero attached hydrogens (tertiary/aromatic N) is 1. The number of non-ortho nitro benzene ring substituents is 1. The lowest BCUT2D eigenvalue weighted by atomic mass is 9.72. The van der Waals surface area contributed by atoms with Crippen LogP contribution in [-0.4, -0.2) is 29.3 Å². The lowest BCUT2D eigenvalue weighted by molar-refractivity contribution is -0.384. The van der Waals surface area contributed by atoms with Crippen LogP contribution in [0.5, 0.6) is 0 Å². The van der Waals surface area contributed by atoms with E-state index in [4.69, 9.17) is 11.6 Å². The fourth-order valence-electron chi connectivity index (χ4n) is 4.18. The molecular formula is C19H24ClN3O4. The van der Waals surface area contributed by atoms with E-state index in [9.17, 15) is 19.7 Å². The molecule has 8 heteroatoms. The van der Waals surface area contributed by atoms with Crippen molar-refractivity contribution >= 4 is 29.1 Å². The van der Waals surface area contributed by atoms with Gasteiger partial charge in [-0.1, -0.05) is 24.9 Å². The normalized spacial score (nSPS) is 27.4. The number of nitro benzene ring substituents is 1. The Balaban J connectivity index is 1.54. The minimum atomic E-state index is -0.569. The van der Waals surface area contributed by atoms with Crippen molar-refractivity contribution in [2.24, 2.45) is 17.8 Å². The molecule has 1 aliphatic carbocycles. The molecule has 1 aliphatic heterocycles. The molecule has 0 bridgehead atoms. The van der Waals surface area contributed by atoms with Gasteiger partial charge in [0.25, 0.3) is 11.6 Å². The third-order valence-corrected chi connectivity index (χ3v) is 6.05. The zero-order valence-corrected chi connectivity index (χ0v) is 16.0. The average Bonchev–Trinajstić information content (AvgIpc) is 2.62. The smallest absolute Gasteiger partial charge is 0.270 e. The fourth-order valence-corrected chi connectivity index (χ4v) is 4.38. The molecule has 0 radical (unpaired) electrons. The molecule has 7 nitrogen and oxygen atoms in total. The van der Waals surface area contributed by atoms with Crippen LogP contribution in [0.15, 0.2) is 18.2 Å². The van der Waals surface area contributed by atoms with Gasteiger partial charge in [-0.2, -0.15) is 0 Å². The van der Waals surface area contributed by atoms with Crippen molar-refractivity contribution in [1.82, 2.24) is 10.6 Å². The van der Waals surface area contributed by atoms with Crippen LogP contribution in [0.4, 0.5) is 5.69 Å². The van der Waals surface area contributed by atoms with Gasteiger partial charge in [0.15, 0.2) is 0 Å². The summed E-state index contributed by atoms with van der Waals surface area (Å²) in [5.41, 5.74) is -0.117. The maximum absolute atomic E-state index is 12.4. The molecule has 0 aromatic heterocycles. The topological polar surface area (TPSA) is 101 Å². The number of piperidine rings is 1. The summed E-state index contributed by atoms with van der Waals surface area (Å²) >= 11 is 5.99. The van der Waals surface area contributed by atoms with Crippen molar-refractivity contribution in [2.75, 3.05) is 6.54 Å². The second kappa shape index (κ2) is 8.25. The van der Waals surface area contributed by atoms with Gasteiger partial charge in [-0.25, -0.2) is 0 Å². The first kappa shape index (κ1) is 19.6. The number of hydrogen-bond donors (Lipinski definition) is 2. The van der Waals surface area contributed by atoms with Crippen LogP contribution in [0.2, 0.25) is 5.02 Å². The molecule has 3 rings (SSSR count). The summed E-state index contributed by atoms with van der Waals surface area (Å²) in [5, 5.41) is 16.9. The maximum atomic E-state index is 12.4. The number of amides is 2. The molecule has 146 valence electrons. The molecule has 4 unspecified atom stereocenters. The Bertz CT molecular complexity index is 754. The second-order valence-electron chi connectivity index (χ2n) is 7.69. The van der Waals surface area contributed by atoms with Crippen molar-refractivity contribution in [3.05, 3.63) is 38.9 Å². The Labute approximate surface area is 163 Å². The van der Waals surface area contributed by atoms with Crippen LogP contribution in [0.3, 0.4) is 0 Å². The van der Waals surface area contributed by atoms with Crippen molar-refractivity contribution in [2.45, 2.75) is 45.1 Å². The molecule has 4 atom stereocenters. The van der Waals surface area contributed by atoms with E-state index in [1.54, 1.807) is 0 Å². The quantitative estimate of drug-likeness (QED) is 0.591. The third kappa shape index (κ3) is 4.58. The first-order chi connectivity index (χ1) is 12.8. The highest BCUT2D eigenvalue weighted by atomic mass is 35.5. The van der Waals surface area contributed by atoms with Gasteiger partial charge in [-0.15, -0.1) is 0 Å². The van der Waals surface area contributed by atoms with Crippen LogP contribution < -0.4 is 10.6 Å². The predicted octanol–water partition coefficient (Wildman–Crippen LogP) is 3.31. The number of fused-ring (bicyclic) bond motifs is 1. The number of carbonyl (C=O) groups excluding carboxylic acids is 2. The first-order valence-electron chi connectivity index (χ1n) is 9.37. The van der Waals surface area contributed by atoms with Gasteiger partial charge in [0.2, 0.25) is 5.91 Å². The number of halogens is 1. The Kier molecular flexibility index (Phi) is 5.99. The molecular weight excluding hydrogens is 370 g/mol. The zero-order valence-electron chi connectivity index (χ0n) is 15.2. The van der Waals surface area contributed by atoms with Crippen molar-refractivity contribution < 1.29 is 14.5 Å². The molecule has 1 heterocycles. The lowest BCUT2D eigenvalue weighted by Crippen LogP contribution is -2.52. The summed E-state index contributed by atoms with van der Waals surface area (Å²) in [4.78, 5) is 35.0.